The lowest BCUT2D eigenvalue weighted by molar-refractivity contribution is 0.124. The average Bonchev–Trinajstić information content (AvgIpc) is 3.20. The molecule has 1 N–H and O–H groups in total. The van der Waals surface area contributed by atoms with Crippen molar-refractivity contribution in [1.82, 2.24) is 10.2 Å². The summed E-state index contributed by atoms with van der Waals surface area (Å²) in [5.41, 5.74) is 0. The first-order valence-electron chi connectivity index (χ1n) is 8.71. The summed E-state index contributed by atoms with van der Waals surface area (Å²) in [7, 11) is 0. The first kappa shape index (κ1) is 15.3. The summed E-state index contributed by atoms with van der Waals surface area (Å²) in [5.74, 6) is 0.802. The molecule has 2 rings (SSSR count). The molecule has 0 saturated heterocycles. The van der Waals surface area contributed by atoms with E-state index in [0.717, 1.165) is 24.0 Å². The minimum atomic E-state index is 0.752. The number of hydrogen-bond donors (Lipinski definition) is 1. The number of nitrogens with zero attached hydrogens (tertiary/aromatic N) is 1. The van der Waals surface area contributed by atoms with Gasteiger partial charge in [0.15, 0.2) is 0 Å². The fourth-order valence-corrected chi connectivity index (χ4v) is 3.64. The standard InChI is InChI=1S/C17H34N2/c1-4-12-18-16-8-6-5-7-9-17(16)19(13-14(2)3)15-10-11-15/h14-18H,4-13H2,1-3H3. The van der Waals surface area contributed by atoms with Crippen LogP contribution in [0.2, 0.25) is 0 Å². The van der Waals surface area contributed by atoms with Crippen molar-refractivity contribution >= 4 is 0 Å². The first-order valence-corrected chi connectivity index (χ1v) is 8.71. The largest absolute Gasteiger partial charge is 0.312 e. The molecule has 0 aromatic carbocycles. The lowest BCUT2D eigenvalue weighted by Gasteiger charge is -2.38. The summed E-state index contributed by atoms with van der Waals surface area (Å²) >= 11 is 0. The van der Waals surface area contributed by atoms with E-state index in [1.165, 1.54) is 64.5 Å². The fraction of sp³-hybridized carbons (Fsp3) is 1.00. The van der Waals surface area contributed by atoms with E-state index < -0.39 is 0 Å². The Bertz CT molecular complexity index is 248. The molecule has 19 heavy (non-hydrogen) atoms. The van der Waals surface area contributed by atoms with Crippen LogP contribution in [0.5, 0.6) is 0 Å². The molecule has 2 nitrogen and oxygen atoms in total. The van der Waals surface area contributed by atoms with Crippen LogP contribution in [0, 0.1) is 5.92 Å². The smallest absolute Gasteiger partial charge is 0.0252 e. The average molecular weight is 266 g/mol. The van der Waals surface area contributed by atoms with Crippen LogP contribution in [0.3, 0.4) is 0 Å². The Balaban J connectivity index is 2.00. The summed E-state index contributed by atoms with van der Waals surface area (Å²) in [5, 5.41) is 3.86. The third kappa shape index (κ3) is 4.75. The van der Waals surface area contributed by atoms with Gasteiger partial charge in [-0.05, 0) is 44.6 Å². The molecule has 0 aliphatic heterocycles. The van der Waals surface area contributed by atoms with Gasteiger partial charge < -0.3 is 5.32 Å². The normalized spacial score (nSPS) is 28.9. The molecule has 0 spiro atoms. The van der Waals surface area contributed by atoms with E-state index >= 15 is 0 Å². The minimum Gasteiger partial charge on any atom is -0.312 e. The van der Waals surface area contributed by atoms with Gasteiger partial charge in [0, 0.05) is 24.7 Å². The van der Waals surface area contributed by atoms with Crippen LogP contribution < -0.4 is 5.32 Å². The Hall–Kier alpha value is -0.0800. The highest BCUT2D eigenvalue weighted by Gasteiger charge is 2.37. The van der Waals surface area contributed by atoms with Gasteiger partial charge in [-0.3, -0.25) is 4.90 Å². The van der Waals surface area contributed by atoms with Gasteiger partial charge in [0.05, 0.1) is 0 Å². The van der Waals surface area contributed by atoms with Crippen LogP contribution >= 0.6 is 0 Å². The van der Waals surface area contributed by atoms with Gasteiger partial charge in [-0.15, -0.1) is 0 Å². The van der Waals surface area contributed by atoms with Gasteiger partial charge in [0.25, 0.3) is 0 Å². The van der Waals surface area contributed by atoms with E-state index in [4.69, 9.17) is 0 Å². The lowest BCUT2D eigenvalue weighted by atomic mass is 9.99. The summed E-state index contributed by atoms with van der Waals surface area (Å²) in [6, 6.07) is 2.47. The summed E-state index contributed by atoms with van der Waals surface area (Å²) in [6.07, 6.45) is 11.3. The van der Waals surface area contributed by atoms with Gasteiger partial charge in [-0.25, -0.2) is 0 Å². The molecular weight excluding hydrogens is 232 g/mol. The molecule has 2 unspecified atom stereocenters. The summed E-state index contributed by atoms with van der Waals surface area (Å²) in [4.78, 5) is 2.88. The third-order valence-electron chi connectivity index (χ3n) is 4.65. The van der Waals surface area contributed by atoms with Crippen molar-refractivity contribution in [3.63, 3.8) is 0 Å². The van der Waals surface area contributed by atoms with Gasteiger partial charge in [-0.1, -0.05) is 40.0 Å². The van der Waals surface area contributed by atoms with E-state index in [2.05, 4.69) is 31.0 Å². The van der Waals surface area contributed by atoms with E-state index in [0.29, 0.717) is 0 Å². The molecule has 0 amide bonds. The topological polar surface area (TPSA) is 15.3 Å². The van der Waals surface area contributed by atoms with Crippen molar-refractivity contribution in [2.45, 2.75) is 90.3 Å². The quantitative estimate of drug-likeness (QED) is 0.705. The zero-order chi connectivity index (χ0) is 13.7. The maximum Gasteiger partial charge on any atom is 0.0252 e. The monoisotopic (exact) mass is 266 g/mol. The Kier molecular flexibility index (Phi) is 6.15. The molecule has 2 aliphatic rings. The van der Waals surface area contributed by atoms with E-state index in [9.17, 15) is 0 Å². The predicted octanol–water partition coefficient (Wildman–Crippen LogP) is 3.81. The van der Waals surface area contributed by atoms with Crippen molar-refractivity contribution in [2.24, 2.45) is 5.92 Å². The molecule has 0 radical (unpaired) electrons. The Morgan fingerprint density at radius 2 is 1.79 bits per heavy atom. The molecule has 2 aliphatic carbocycles. The van der Waals surface area contributed by atoms with Crippen LogP contribution in [-0.4, -0.2) is 36.1 Å². The molecule has 0 heterocycles. The molecule has 0 aromatic rings. The Morgan fingerprint density at radius 3 is 2.42 bits per heavy atom. The third-order valence-corrected chi connectivity index (χ3v) is 4.65. The molecule has 2 fully saturated rings. The highest BCUT2D eigenvalue weighted by atomic mass is 15.2. The van der Waals surface area contributed by atoms with Crippen molar-refractivity contribution in [1.29, 1.82) is 0 Å². The van der Waals surface area contributed by atoms with Crippen molar-refractivity contribution in [3.8, 4) is 0 Å². The SMILES string of the molecule is CCCNC1CCCCCC1N(CC(C)C)C1CC1. The second kappa shape index (κ2) is 7.64. The van der Waals surface area contributed by atoms with Crippen molar-refractivity contribution < 1.29 is 0 Å². The molecule has 2 saturated carbocycles. The van der Waals surface area contributed by atoms with Crippen LogP contribution in [0.1, 0.15) is 72.1 Å². The Morgan fingerprint density at radius 1 is 1.05 bits per heavy atom. The second-order valence-corrected chi connectivity index (χ2v) is 7.09. The second-order valence-electron chi connectivity index (χ2n) is 7.09. The molecule has 2 heteroatoms. The van der Waals surface area contributed by atoms with Gasteiger partial charge in [0.2, 0.25) is 0 Å². The molecular formula is C17H34N2. The lowest BCUT2D eigenvalue weighted by Crippen LogP contribution is -2.51. The van der Waals surface area contributed by atoms with Crippen molar-refractivity contribution in [3.05, 3.63) is 0 Å². The highest BCUT2D eigenvalue weighted by molar-refractivity contribution is 4.95. The maximum absolute atomic E-state index is 3.86. The van der Waals surface area contributed by atoms with Gasteiger partial charge in [-0.2, -0.15) is 0 Å². The summed E-state index contributed by atoms with van der Waals surface area (Å²) in [6.45, 7) is 9.54. The van der Waals surface area contributed by atoms with Crippen LogP contribution in [0.4, 0.5) is 0 Å². The molecule has 0 bridgehead atoms. The number of rotatable bonds is 7. The van der Waals surface area contributed by atoms with Gasteiger partial charge >= 0.3 is 0 Å². The van der Waals surface area contributed by atoms with E-state index in [1.54, 1.807) is 0 Å². The molecule has 0 aromatic heterocycles. The van der Waals surface area contributed by atoms with Crippen molar-refractivity contribution in [2.75, 3.05) is 13.1 Å². The number of nitrogens with one attached hydrogen (secondary N) is 1. The Labute approximate surface area is 120 Å². The zero-order valence-electron chi connectivity index (χ0n) is 13.3. The predicted molar refractivity (Wildman–Crippen MR) is 83.5 cm³/mol. The molecule has 2 atom stereocenters. The molecule has 112 valence electrons. The highest BCUT2D eigenvalue weighted by Crippen LogP contribution is 2.34. The number of hydrogen-bond acceptors (Lipinski definition) is 2. The summed E-state index contributed by atoms with van der Waals surface area (Å²) < 4.78 is 0. The fourth-order valence-electron chi connectivity index (χ4n) is 3.64. The minimum absolute atomic E-state index is 0.752. The van der Waals surface area contributed by atoms with E-state index in [-0.39, 0.29) is 0 Å². The van der Waals surface area contributed by atoms with Crippen LogP contribution in [-0.2, 0) is 0 Å². The van der Waals surface area contributed by atoms with E-state index in [1.807, 2.05) is 0 Å². The first-order chi connectivity index (χ1) is 9.22. The van der Waals surface area contributed by atoms with Crippen LogP contribution in [0.15, 0.2) is 0 Å². The van der Waals surface area contributed by atoms with Gasteiger partial charge in [0.1, 0.15) is 0 Å². The zero-order valence-corrected chi connectivity index (χ0v) is 13.3. The maximum atomic E-state index is 3.86. The van der Waals surface area contributed by atoms with Crippen LogP contribution in [0.25, 0.3) is 0 Å².